The van der Waals surface area contributed by atoms with Gasteiger partial charge in [-0.15, -0.1) is 0 Å². The number of hydrogen-bond acceptors (Lipinski definition) is 4. The average molecular weight is 305 g/mol. The molecule has 2 aromatic carbocycles. The Morgan fingerprint density at radius 3 is 2.48 bits per heavy atom. The summed E-state index contributed by atoms with van der Waals surface area (Å²) < 4.78 is 6.82. The van der Waals surface area contributed by atoms with Crippen LogP contribution in [0.2, 0.25) is 0 Å². The van der Waals surface area contributed by atoms with Crippen LogP contribution in [-0.2, 0) is 4.74 Å². The van der Waals surface area contributed by atoms with Gasteiger partial charge in [-0.25, -0.2) is 9.31 Å². The number of carbonyl (C=O) groups excluding carboxylic acids is 1. The Labute approximate surface area is 132 Å². The van der Waals surface area contributed by atoms with Crippen molar-refractivity contribution >= 4 is 39.0 Å². The molecule has 2 heterocycles. The van der Waals surface area contributed by atoms with Crippen LogP contribution in [0.4, 0.5) is 5.82 Å². The largest absolute Gasteiger partial charge is 0.462 e. The predicted octanol–water partition coefficient (Wildman–Crippen LogP) is 3.40. The molecule has 5 nitrogen and oxygen atoms in total. The number of pyridine rings is 1. The third kappa shape index (κ3) is 1.86. The number of hydrogen-bond donors (Lipinski definition) is 1. The van der Waals surface area contributed by atoms with Gasteiger partial charge in [-0.3, -0.25) is 0 Å². The van der Waals surface area contributed by atoms with E-state index in [1.165, 1.54) is 0 Å². The van der Waals surface area contributed by atoms with Crippen molar-refractivity contribution in [3.8, 4) is 0 Å². The molecule has 0 unspecified atom stereocenters. The topological polar surface area (TPSA) is 69.6 Å². The number of carbonyl (C=O) groups is 1. The zero-order chi connectivity index (χ0) is 16.0. The summed E-state index contributed by atoms with van der Waals surface area (Å²) in [6.45, 7) is 2.07. The van der Waals surface area contributed by atoms with Crippen LogP contribution in [0.25, 0.3) is 27.2 Å². The number of benzene rings is 2. The van der Waals surface area contributed by atoms with E-state index in [2.05, 4.69) is 5.10 Å². The first kappa shape index (κ1) is 13.6. The Balaban J connectivity index is 2.24. The average Bonchev–Trinajstić information content (AvgIpc) is 2.95. The molecule has 2 aromatic heterocycles. The summed E-state index contributed by atoms with van der Waals surface area (Å²) in [5, 5.41) is 7.27. The van der Waals surface area contributed by atoms with E-state index >= 15 is 0 Å². The van der Waals surface area contributed by atoms with Crippen molar-refractivity contribution in [1.82, 2.24) is 9.61 Å². The van der Waals surface area contributed by atoms with Crippen LogP contribution in [0.1, 0.15) is 17.3 Å². The fourth-order valence-corrected chi connectivity index (χ4v) is 3.04. The first-order chi connectivity index (χ1) is 11.2. The molecule has 0 aliphatic heterocycles. The minimum absolute atomic E-state index is 0.297. The van der Waals surface area contributed by atoms with E-state index < -0.39 is 5.97 Å². The highest BCUT2D eigenvalue weighted by molar-refractivity contribution is 6.17. The number of nitrogens with two attached hydrogens (primary N) is 1. The lowest BCUT2D eigenvalue weighted by Gasteiger charge is -2.12. The summed E-state index contributed by atoms with van der Waals surface area (Å²) >= 11 is 0. The molecule has 0 saturated heterocycles. The number of ether oxygens (including phenoxy) is 1. The fourth-order valence-electron chi connectivity index (χ4n) is 3.04. The standard InChI is InChI=1S/C18H15N3O2/c1-2-23-18(22)15-11-7-3-4-8-12(11)16-13-9-5-6-10-14(13)20-21(16)17(15)19/h3-10H,2,19H2,1H3. The second-order valence-electron chi connectivity index (χ2n) is 5.30. The molecule has 2 N–H and O–H groups in total. The van der Waals surface area contributed by atoms with E-state index in [1.807, 2.05) is 48.5 Å². The second kappa shape index (κ2) is 4.98. The molecule has 0 amide bonds. The molecule has 0 saturated carbocycles. The van der Waals surface area contributed by atoms with Crippen LogP contribution in [0, 0.1) is 0 Å². The number of aromatic nitrogens is 2. The summed E-state index contributed by atoms with van der Waals surface area (Å²) in [4.78, 5) is 12.4. The Hall–Kier alpha value is -3.08. The lowest BCUT2D eigenvalue weighted by atomic mass is 10.0. The summed E-state index contributed by atoms with van der Waals surface area (Å²) in [6.07, 6.45) is 0. The van der Waals surface area contributed by atoms with Crippen LogP contribution in [0.3, 0.4) is 0 Å². The molecule has 114 valence electrons. The van der Waals surface area contributed by atoms with Gasteiger partial charge in [0, 0.05) is 16.2 Å². The Morgan fingerprint density at radius 1 is 1.09 bits per heavy atom. The molecule has 0 fully saturated rings. The first-order valence-corrected chi connectivity index (χ1v) is 7.47. The van der Waals surface area contributed by atoms with Gasteiger partial charge in [-0.05, 0) is 13.0 Å². The molecular formula is C18H15N3O2. The molecule has 0 atom stereocenters. The minimum atomic E-state index is -0.428. The first-order valence-electron chi connectivity index (χ1n) is 7.47. The maximum atomic E-state index is 12.4. The Kier molecular flexibility index (Phi) is 2.94. The van der Waals surface area contributed by atoms with E-state index in [0.717, 1.165) is 27.2 Å². The summed E-state index contributed by atoms with van der Waals surface area (Å²) in [6, 6.07) is 15.5. The lowest BCUT2D eigenvalue weighted by molar-refractivity contribution is 0.0529. The Bertz CT molecular complexity index is 1070. The monoisotopic (exact) mass is 305 g/mol. The predicted molar refractivity (Wildman–Crippen MR) is 90.6 cm³/mol. The number of nitrogens with zero attached hydrogens (tertiary/aromatic N) is 2. The van der Waals surface area contributed by atoms with Crippen molar-refractivity contribution < 1.29 is 9.53 Å². The fraction of sp³-hybridized carbons (Fsp3) is 0.111. The highest BCUT2D eigenvalue weighted by atomic mass is 16.5. The van der Waals surface area contributed by atoms with Crippen LogP contribution >= 0.6 is 0 Å². The van der Waals surface area contributed by atoms with E-state index in [1.54, 1.807) is 11.4 Å². The maximum absolute atomic E-state index is 12.4. The summed E-state index contributed by atoms with van der Waals surface area (Å²) in [5.41, 5.74) is 8.39. The summed E-state index contributed by atoms with van der Waals surface area (Å²) in [5.74, 6) is -0.129. The zero-order valence-electron chi connectivity index (χ0n) is 12.6. The van der Waals surface area contributed by atoms with Crippen molar-refractivity contribution in [3.63, 3.8) is 0 Å². The van der Waals surface area contributed by atoms with Crippen LogP contribution in [0.15, 0.2) is 48.5 Å². The van der Waals surface area contributed by atoms with Crippen molar-refractivity contribution in [2.75, 3.05) is 12.3 Å². The van der Waals surface area contributed by atoms with Gasteiger partial charge in [0.2, 0.25) is 0 Å². The van der Waals surface area contributed by atoms with Gasteiger partial charge in [0.05, 0.1) is 17.6 Å². The van der Waals surface area contributed by atoms with E-state index in [4.69, 9.17) is 10.5 Å². The molecule has 0 radical (unpaired) electrons. The molecule has 0 bridgehead atoms. The smallest absolute Gasteiger partial charge is 0.342 e. The van der Waals surface area contributed by atoms with Gasteiger partial charge in [0.1, 0.15) is 11.4 Å². The number of fused-ring (bicyclic) bond motifs is 5. The lowest BCUT2D eigenvalue weighted by Crippen LogP contribution is -2.12. The maximum Gasteiger partial charge on any atom is 0.342 e. The van der Waals surface area contributed by atoms with E-state index in [9.17, 15) is 4.79 Å². The molecule has 0 aliphatic rings. The molecule has 0 aliphatic carbocycles. The zero-order valence-corrected chi connectivity index (χ0v) is 12.6. The number of anilines is 1. The highest BCUT2D eigenvalue weighted by Gasteiger charge is 2.21. The number of esters is 1. The molecular weight excluding hydrogens is 290 g/mol. The third-order valence-corrected chi connectivity index (χ3v) is 3.99. The third-order valence-electron chi connectivity index (χ3n) is 3.99. The van der Waals surface area contributed by atoms with Gasteiger partial charge in [0.15, 0.2) is 0 Å². The van der Waals surface area contributed by atoms with E-state index in [-0.39, 0.29) is 0 Å². The van der Waals surface area contributed by atoms with Gasteiger partial charge in [-0.2, -0.15) is 5.10 Å². The van der Waals surface area contributed by atoms with Gasteiger partial charge >= 0.3 is 5.97 Å². The number of nitrogen functional groups attached to an aromatic ring is 1. The molecule has 5 heteroatoms. The molecule has 4 aromatic rings. The Morgan fingerprint density at radius 2 is 1.74 bits per heavy atom. The van der Waals surface area contributed by atoms with Crippen LogP contribution in [0.5, 0.6) is 0 Å². The van der Waals surface area contributed by atoms with Crippen molar-refractivity contribution in [2.24, 2.45) is 0 Å². The van der Waals surface area contributed by atoms with Crippen molar-refractivity contribution in [2.45, 2.75) is 6.92 Å². The van der Waals surface area contributed by atoms with Crippen LogP contribution < -0.4 is 5.73 Å². The van der Waals surface area contributed by atoms with Crippen molar-refractivity contribution in [1.29, 1.82) is 0 Å². The molecule has 0 spiro atoms. The SMILES string of the molecule is CCOC(=O)c1c(N)n2nc3ccccc3c2c2ccccc12. The molecule has 4 rings (SSSR count). The second-order valence-corrected chi connectivity index (χ2v) is 5.30. The molecule has 23 heavy (non-hydrogen) atoms. The van der Waals surface area contributed by atoms with Crippen LogP contribution in [-0.4, -0.2) is 22.2 Å². The van der Waals surface area contributed by atoms with Gasteiger partial charge in [-0.1, -0.05) is 42.5 Å². The summed E-state index contributed by atoms with van der Waals surface area (Å²) in [7, 11) is 0. The minimum Gasteiger partial charge on any atom is -0.462 e. The quantitative estimate of drug-likeness (QED) is 0.576. The van der Waals surface area contributed by atoms with E-state index in [0.29, 0.717) is 18.0 Å². The number of rotatable bonds is 2. The van der Waals surface area contributed by atoms with Crippen molar-refractivity contribution in [3.05, 3.63) is 54.1 Å². The highest BCUT2D eigenvalue weighted by Crippen LogP contribution is 2.33. The normalized spacial score (nSPS) is 11.3. The van der Waals surface area contributed by atoms with Gasteiger partial charge < -0.3 is 10.5 Å². The van der Waals surface area contributed by atoms with Gasteiger partial charge in [0.25, 0.3) is 0 Å².